The normalized spacial score (nSPS) is 18.6. The van der Waals surface area contributed by atoms with Crippen LogP contribution >= 0.6 is 0 Å². The van der Waals surface area contributed by atoms with Gasteiger partial charge in [0.2, 0.25) is 16.6 Å². The van der Waals surface area contributed by atoms with E-state index in [-0.39, 0.29) is 16.2 Å². The molecule has 6 rings (SSSR count). The Hall–Kier alpha value is -3.21. The van der Waals surface area contributed by atoms with Crippen LogP contribution < -0.4 is 23.1 Å². The first-order chi connectivity index (χ1) is 23.5. The smallest absolute Gasteiger partial charge is 0.250 e. The number of hydrogen-bond acceptors (Lipinski definition) is 6. The molecule has 1 saturated heterocycles. The van der Waals surface area contributed by atoms with Crippen molar-refractivity contribution in [1.82, 2.24) is 4.90 Å². The Balaban J connectivity index is 1.35. The second-order valence-electron chi connectivity index (χ2n) is 17.3. The van der Waals surface area contributed by atoms with E-state index in [0.29, 0.717) is 13.2 Å². The fraction of sp³-hybridized carbons (Fsp3) is 0.524. The number of piperidine rings is 1. The minimum absolute atomic E-state index is 0.0923. The topological polar surface area (TPSA) is 49.4 Å². The molecular formula is C42H59NO5Si2. The molecule has 0 unspecified atom stereocenters. The molecule has 3 aliphatic heterocycles. The van der Waals surface area contributed by atoms with E-state index in [1.807, 2.05) is 0 Å². The summed E-state index contributed by atoms with van der Waals surface area (Å²) in [6.45, 7) is 27.4. The van der Waals surface area contributed by atoms with E-state index in [9.17, 15) is 0 Å². The highest BCUT2D eigenvalue weighted by molar-refractivity contribution is 6.75. The summed E-state index contributed by atoms with van der Waals surface area (Å²) in [5.74, 6) is 4.32. The molecule has 6 nitrogen and oxygen atoms in total. The molecule has 1 fully saturated rings. The van der Waals surface area contributed by atoms with Crippen molar-refractivity contribution in [2.45, 2.75) is 110 Å². The maximum atomic E-state index is 7.05. The van der Waals surface area contributed by atoms with Gasteiger partial charge in [-0.1, -0.05) is 60.1 Å². The molecule has 3 aromatic carbocycles. The van der Waals surface area contributed by atoms with Crippen LogP contribution in [0.15, 0.2) is 60.7 Å². The molecule has 270 valence electrons. The average Bonchev–Trinajstić information content (AvgIpc) is 3.23. The SMILES string of the molecule is CC(C)(C)[Si](C)(C)Oc1ccc2c(c1)O[C@@H](c1ccc(OCCN3CCCCC3)cc1)C1=C2CCOc2cc(O[Si](C)(C)C(C)(C)C)ccc21. The molecule has 3 heterocycles. The second kappa shape index (κ2) is 14.1. The van der Waals surface area contributed by atoms with E-state index < -0.39 is 16.6 Å². The summed E-state index contributed by atoms with van der Waals surface area (Å²) in [6.07, 6.45) is 4.38. The van der Waals surface area contributed by atoms with Crippen molar-refractivity contribution in [3.8, 4) is 28.7 Å². The fourth-order valence-electron chi connectivity index (χ4n) is 6.49. The minimum Gasteiger partial charge on any atom is -0.543 e. The molecule has 0 aromatic heterocycles. The molecule has 3 aliphatic rings. The van der Waals surface area contributed by atoms with Gasteiger partial charge in [-0.25, -0.2) is 0 Å². The lowest BCUT2D eigenvalue weighted by molar-refractivity contribution is 0.183. The largest absolute Gasteiger partial charge is 0.543 e. The van der Waals surface area contributed by atoms with Gasteiger partial charge < -0.3 is 23.1 Å². The molecule has 0 bridgehead atoms. The zero-order valence-corrected chi connectivity index (χ0v) is 34.2. The van der Waals surface area contributed by atoms with Crippen molar-refractivity contribution < 1.29 is 23.1 Å². The fourth-order valence-corrected chi connectivity index (χ4v) is 8.54. The lowest BCUT2D eigenvalue weighted by Crippen LogP contribution is -2.43. The molecule has 0 spiro atoms. The molecular weight excluding hydrogens is 655 g/mol. The van der Waals surface area contributed by atoms with Gasteiger partial charge in [0.1, 0.15) is 41.5 Å². The quantitative estimate of drug-likeness (QED) is 0.206. The van der Waals surface area contributed by atoms with Crippen LogP contribution in [0.4, 0.5) is 0 Å². The Kier molecular flexibility index (Phi) is 10.3. The maximum Gasteiger partial charge on any atom is 0.250 e. The Morgan fingerprint density at radius 1 is 0.700 bits per heavy atom. The lowest BCUT2D eigenvalue weighted by atomic mass is 9.84. The number of likely N-dealkylation sites (tertiary alicyclic amines) is 1. The third-order valence-electron chi connectivity index (χ3n) is 11.6. The zero-order valence-electron chi connectivity index (χ0n) is 32.2. The Labute approximate surface area is 303 Å². The van der Waals surface area contributed by atoms with Crippen LogP contribution in [-0.4, -0.2) is 54.4 Å². The number of nitrogens with zero attached hydrogens (tertiary/aromatic N) is 1. The van der Waals surface area contributed by atoms with Gasteiger partial charge in [0, 0.05) is 41.8 Å². The first-order valence-corrected chi connectivity index (χ1v) is 24.5. The van der Waals surface area contributed by atoms with Crippen molar-refractivity contribution >= 4 is 27.8 Å². The van der Waals surface area contributed by atoms with E-state index in [2.05, 4.69) is 133 Å². The molecule has 1 atom stereocenters. The van der Waals surface area contributed by atoms with Crippen LogP contribution in [0.2, 0.25) is 36.3 Å². The number of hydrogen-bond donors (Lipinski definition) is 0. The highest BCUT2D eigenvalue weighted by atomic mass is 28.4. The summed E-state index contributed by atoms with van der Waals surface area (Å²) in [4.78, 5) is 2.51. The second-order valence-corrected chi connectivity index (χ2v) is 26.8. The van der Waals surface area contributed by atoms with Gasteiger partial charge in [-0.2, -0.15) is 0 Å². The molecule has 0 amide bonds. The summed E-state index contributed by atoms with van der Waals surface area (Å²) in [5, 5.41) is 0.189. The van der Waals surface area contributed by atoms with Crippen LogP contribution in [-0.2, 0) is 0 Å². The molecule has 8 heteroatoms. The zero-order chi connectivity index (χ0) is 35.9. The monoisotopic (exact) mass is 713 g/mol. The maximum absolute atomic E-state index is 7.05. The molecule has 0 N–H and O–H groups in total. The minimum atomic E-state index is -2.04. The molecule has 0 saturated carbocycles. The van der Waals surface area contributed by atoms with Crippen LogP contribution in [0, 0.1) is 0 Å². The van der Waals surface area contributed by atoms with Crippen molar-refractivity contribution in [2.24, 2.45) is 0 Å². The van der Waals surface area contributed by atoms with E-state index >= 15 is 0 Å². The van der Waals surface area contributed by atoms with Crippen molar-refractivity contribution in [3.63, 3.8) is 0 Å². The summed E-state index contributed by atoms with van der Waals surface area (Å²) < 4.78 is 33.3. The Bertz CT molecular complexity index is 1690. The molecule has 0 aliphatic carbocycles. The number of benzene rings is 3. The van der Waals surface area contributed by atoms with Gasteiger partial charge in [-0.3, -0.25) is 4.90 Å². The van der Waals surface area contributed by atoms with Gasteiger partial charge in [0.05, 0.1) is 6.61 Å². The number of ether oxygens (including phenoxy) is 3. The van der Waals surface area contributed by atoms with Gasteiger partial charge in [-0.15, -0.1) is 0 Å². The number of rotatable bonds is 9. The summed E-state index contributed by atoms with van der Waals surface area (Å²) in [5.41, 5.74) is 5.65. The highest BCUT2D eigenvalue weighted by Gasteiger charge is 2.41. The number of fused-ring (bicyclic) bond motifs is 4. The van der Waals surface area contributed by atoms with Gasteiger partial charge in [-0.05, 0) is 110 Å². The van der Waals surface area contributed by atoms with E-state index in [1.165, 1.54) is 37.9 Å². The third-order valence-corrected chi connectivity index (χ3v) is 20.3. The first-order valence-electron chi connectivity index (χ1n) is 18.7. The highest BCUT2D eigenvalue weighted by Crippen LogP contribution is 2.53. The predicted molar refractivity (Wildman–Crippen MR) is 211 cm³/mol. The van der Waals surface area contributed by atoms with Crippen molar-refractivity contribution in [3.05, 3.63) is 77.4 Å². The van der Waals surface area contributed by atoms with Crippen LogP contribution in [0.1, 0.15) is 90.0 Å². The third kappa shape index (κ3) is 7.82. The summed E-state index contributed by atoms with van der Waals surface area (Å²) in [7, 11) is -4.07. The van der Waals surface area contributed by atoms with E-state index in [1.54, 1.807) is 0 Å². The molecule has 50 heavy (non-hydrogen) atoms. The van der Waals surface area contributed by atoms with Crippen LogP contribution in [0.3, 0.4) is 0 Å². The average molecular weight is 714 g/mol. The van der Waals surface area contributed by atoms with Gasteiger partial charge >= 0.3 is 0 Å². The Morgan fingerprint density at radius 2 is 1.26 bits per heavy atom. The van der Waals surface area contributed by atoms with Crippen LogP contribution in [0.5, 0.6) is 28.7 Å². The lowest BCUT2D eigenvalue weighted by Gasteiger charge is -2.37. The Morgan fingerprint density at radius 3 is 1.86 bits per heavy atom. The van der Waals surface area contributed by atoms with Gasteiger partial charge in [0.15, 0.2) is 0 Å². The first kappa shape index (κ1) is 36.6. The van der Waals surface area contributed by atoms with E-state index in [0.717, 1.165) is 64.0 Å². The van der Waals surface area contributed by atoms with Crippen LogP contribution in [0.25, 0.3) is 11.1 Å². The molecule has 3 aromatic rings. The summed E-state index contributed by atoms with van der Waals surface area (Å²) >= 11 is 0. The summed E-state index contributed by atoms with van der Waals surface area (Å²) in [6, 6.07) is 21.3. The predicted octanol–water partition coefficient (Wildman–Crippen LogP) is 11.1. The standard InChI is InChI=1S/C42H59NO5Si2/c1-41(2,3)49(7,8)47-32-19-21-36-37(28-32)45-26-22-35-34-20-18-33(48-50(9,10)42(4,5)6)29-38(34)46-40(39(35)36)30-14-16-31(17-15-30)44-27-25-43-23-12-11-13-24-43/h14-21,28-29,40H,11-13,22-27H2,1-10H3/t40-/m0/s1. The van der Waals surface area contributed by atoms with E-state index in [4.69, 9.17) is 23.1 Å². The molecule has 0 radical (unpaired) electrons. The van der Waals surface area contributed by atoms with Gasteiger partial charge in [0.25, 0.3) is 0 Å². The van der Waals surface area contributed by atoms with Crippen molar-refractivity contribution in [2.75, 3.05) is 32.8 Å². The van der Waals surface area contributed by atoms with Crippen molar-refractivity contribution in [1.29, 1.82) is 0 Å².